The van der Waals surface area contributed by atoms with Crippen molar-refractivity contribution < 1.29 is 4.79 Å². The highest BCUT2D eigenvalue weighted by molar-refractivity contribution is 5.73. The summed E-state index contributed by atoms with van der Waals surface area (Å²) in [5.74, 6) is 0.716. The zero-order valence-electron chi connectivity index (χ0n) is 14.2. The topological polar surface area (TPSA) is 49.6 Å². The van der Waals surface area contributed by atoms with Gasteiger partial charge < -0.3 is 14.6 Å². The van der Waals surface area contributed by atoms with Crippen LogP contribution in [0.3, 0.4) is 0 Å². The SMILES string of the molecule is CCC1CN(C(C)=O)CCC1NCc1cnc2cc(C)ccn12. The number of imidazole rings is 1. The quantitative estimate of drug-likeness (QED) is 0.942. The van der Waals surface area contributed by atoms with Crippen LogP contribution in [0.25, 0.3) is 5.65 Å². The Balaban J connectivity index is 1.66. The number of amides is 1. The summed E-state index contributed by atoms with van der Waals surface area (Å²) in [7, 11) is 0. The van der Waals surface area contributed by atoms with Crippen LogP contribution in [0.15, 0.2) is 24.5 Å². The van der Waals surface area contributed by atoms with Crippen LogP contribution in [0.2, 0.25) is 0 Å². The first kappa shape index (κ1) is 16.0. The molecule has 5 heteroatoms. The van der Waals surface area contributed by atoms with Gasteiger partial charge >= 0.3 is 0 Å². The second kappa shape index (κ2) is 6.71. The molecule has 0 saturated carbocycles. The molecule has 3 rings (SSSR count). The molecule has 1 saturated heterocycles. The van der Waals surface area contributed by atoms with Gasteiger partial charge in [0.05, 0.1) is 11.9 Å². The highest BCUT2D eigenvalue weighted by Gasteiger charge is 2.28. The van der Waals surface area contributed by atoms with E-state index in [-0.39, 0.29) is 5.91 Å². The zero-order chi connectivity index (χ0) is 16.4. The number of hydrogen-bond donors (Lipinski definition) is 1. The molecule has 0 aliphatic carbocycles. The van der Waals surface area contributed by atoms with Gasteiger partial charge in [0.25, 0.3) is 0 Å². The van der Waals surface area contributed by atoms with Crippen molar-refractivity contribution in [2.75, 3.05) is 13.1 Å². The molecule has 2 aromatic heterocycles. The molecule has 0 bridgehead atoms. The first-order valence-electron chi connectivity index (χ1n) is 8.50. The van der Waals surface area contributed by atoms with Crippen LogP contribution >= 0.6 is 0 Å². The third kappa shape index (κ3) is 3.39. The van der Waals surface area contributed by atoms with E-state index in [1.54, 1.807) is 6.92 Å². The molecule has 2 aromatic rings. The minimum atomic E-state index is 0.194. The molecule has 0 aromatic carbocycles. The molecule has 2 unspecified atom stereocenters. The van der Waals surface area contributed by atoms with Crippen LogP contribution in [-0.4, -0.2) is 39.3 Å². The summed E-state index contributed by atoms with van der Waals surface area (Å²) in [6.45, 7) is 8.50. The van der Waals surface area contributed by atoms with Crippen molar-refractivity contribution in [2.24, 2.45) is 5.92 Å². The predicted molar refractivity (Wildman–Crippen MR) is 91.2 cm³/mol. The molecule has 124 valence electrons. The lowest BCUT2D eigenvalue weighted by atomic mass is 9.90. The monoisotopic (exact) mass is 314 g/mol. The molecule has 23 heavy (non-hydrogen) atoms. The molecule has 1 N–H and O–H groups in total. The Kier molecular flexibility index (Phi) is 4.66. The number of pyridine rings is 1. The number of nitrogens with zero attached hydrogens (tertiary/aromatic N) is 3. The largest absolute Gasteiger partial charge is 0.343 e. The summed E-state index contributed by atoms with van der Waals surface area (Å²) in [5, 5.41) is 3.69. The van der Waals surface area contributed by atoms with Crippen molar-refractivity contribution >= 4 is 11.6 Å². The summed E-state index contributed by atoms with van der Waals surface area (Å²) in [5.41, 5.74) is 3.41. The normalized spacial score (nSPS) is 21.8. The van der Waals surface area contributed by atoms with Gasteiger partial charge in [-0.2, -0.15) is 0 Å². The van der Waals surface area contributed by atoms with Crippen LogP contribution in [0.5, 0.6) is 0 Å². The van der Waals surface area contributed by atoms with Gasteiger partial charge in [0, 0.05) is 38.8 Å². The smallest absolute Gasteiger partial charge is 0.219 e. The van der Waals surface area contributed by atoms with E-state index >= 15 is 0 Å². The number of fused-ring (bicyclic) bond motifs is 1. The van der Waals surface area contributed by atoms with Crippen LogP contribution in [0.4, 0.5) is 0 Å². The Morgan fingerprint density at radius 2 is 2.30 bits per heavy atom. The number of likely N-dealkylation sites (tertiary alicyclic amines) is 1. The molecule has 0 spiro atoms. The standard InChI is InChI=1S/C18H26N4O/c1-4-15-12-21(14(3)23)7-6-17(15)19-10-16-11-20-18-9-13(2)5-8-22(16)18/h5,8-9,11,15,17,19H,4,6-7,10,12H2,1-3H3. The van der Waals surface area contributed by atoms with Crippen molar-refractivity contribution in [3.05, 3.63) is 35.8 Å². The van der Waals surface area contributed by atoms with E-state index in [2.05, 4.69) is 46.9 Å². The summed E-state index contributed by atoms with van der Waals surface area (Å²) < 4.78 is 2.14. The van der Waals surface area contributed by atoms with E-state index in [9.17, 15) is 4.79 Å². The first-order chi connectivity index (χ1) is 11.1. The number of rotatable bonds is 4. The fraction of sp³-hybridized carbons (Fsp3) is 0.556. The number of aryl methyl sites for hydroxylation is 1. The van der Waals surface area contributed by atoms with Gasteiger partial charge in [-0.1, -0.05) is 13.3 Å². The fourth-order valence-corrected chi connectivity index (χ4v) is 3.50. The van der Waals surface area contributed by atoms with Crippen molar-refractivity contribution in [2.45, 2.75) is 46.2 Å². The van der Waals surface area contributed by atoms with Gasteiger partial charge in [-0.25, -0.2) is 4.98 Å². The maximum Gasteiger partial charge on any atom is 0.219 e. The third-order valence-electron chi connectivity index (χ3n) is 4.99. The molecule has 1 aliphatic heterocycles. The van der Waals surface area contributed by atoms with E-state index in [0.29, 0.717) is 12.0 Å². The average molecular weight is 314 g/mol. The molecule has 1 aliphatic rings. The first-order valence-corrected chi connectivity index (χ1v) is 8.50. The third-order valence-corrected chi connectivity index (χ3v) is 4.99. The highest BCUT2D eigenvalue weighted by atomic mass is 16.2. The van der Waals surface area contributed by atoms with Crippen LogP contribution in [0, 0.1) is 12.8 Å². The number of piperidine rings is 1. The maximum atomic E-state index is 11.6. The van der Waals surface area contributed by atoms with Gasteiger partial charge in [-0.15, -0.1) is 0 Å². The molecule has 5 nitrogen and oxygen atoms in total. The second-order valence-corrected chi connectivity index (χ2v) is 6.59. The number of hydrogen-bond acceptors (Lipinski definition) is 3. The Hall–Kier alpha value is -1.88. The molecule has 1 amide bonds. The van der Waals surface area contributed by atoms with E-state index in [0.717, 1.165) is 38.1 Å². The Morgan fingerprint density at radius 1 is 1.48 bits per heavy atom. The van der Waals surface area contributed by atoms with E-state index in [1.165, 1.54) is 11.3 Å². The van der Waals surface area contributed by atoms with Crippen LogP contribution in [0.1, 0.15) is 37.9 Å². The molecular weight excluding hydrogens is 288 g/mol. The van der Waals surface area contributed by atoms with Crippen molar-refractivity contribution in [1.29, 1.82) is 0 Å². The molecule has 1 fully saturated rings. The average Bonchev–Trinajstić information content (AvgIpc) is 2.94. The van der Waals surface area contributed by atoms with Crippen molar-refractivity contribution in [3.63, 3.8) is 0 Å². The number of carbonyl (C=O) groups excluding carboxylic acids is 1. The van der Waals surface area contributed by atoms with Crippen molar-refractivity contribution in [3.8, 4) is 0 Å². The lowest BCUT2D eigenvalue weighted by Crippen LogP contribution is -2.50. The highest BCUT2D eigenvalue weighted by Crippen LogP contribution is 2.21. The molecule has 3 heterocycles. The van der Waals surface area contributed by atoms with E-state index in [1.807, 2.05) is 11.1 Å². The minimum absolute atomic E-state index is 0.194. The van der Waals surface area contributed by atoms with E-state index in [4.69, 9.17) is 0 Å². The number of nitrogens with one attached hydrogen (secondary N) is 1. The van der Waals surface area contributed by atoms with Crippen LogP contribution in [-0.2, 0) is 11.3 Å². The summed E-state index contributed by atoms with van der Waals surface area (Å²) in [6, 6.07) is 4.67. The molecule has 2 atom stereocenters. The lowest BCUT2D eigenvalue weighted by molar-refractivity contribution is -0.131. The Labute approximate surface area is 137 Å². The Bertz CT molecular complexity index is 693. The van der Waals surface area contributed by atoms with Crippen LogP contribution < -0.4 is 5.32 Å². The zero-order valence-corrected chi connectivity index (χ0v) is 14.2. The predicted octanol–water partition coefficient (Wildman–Crippen LogP) is 2.38. The molecule has 0 radical (unpaired) electrons. The number of aromatic nitrogens is 2. The maximum absolute atomic E-state index is 11.6. The van der Waals surface area contributed by atoms with Gasteiger partial charge in [-0.3, -0.25) is 4.79 Å². The minimum Gasteiger partial charge on any atom is -0.343 e. The number of carbonyl (C=O) groups is 1. The Morgan fingerprint density at radius 3 is 3.04 bits per heavy atom. The fourth-order valence-electron chi connectivity index (χ4n) is 3.50. The summed E-state index contributed by atoms with van der Waals surface area (Å²) in [4.78, 5) is 18.0. The summed E-state index contributed by atoms with van der Waals surface area (Å²) in [6.07, 6.45) is 6.15. The lowest BCUT2D eigenvalue weighted by Gasteiger charge is -2.38. The van der Waals surface area contributed by atoms with Gasteiger partial charge in [0.15, 0.2) is 0 Å². The van der Waals surface area contributed by atoms with E-state index < -0.39 is 0 Å². The van der Waals surface area contributed by atoms with Gasteiger partial charge in [0.2, 0.25) is 5.91 Å². The molecular formula is C18H26N4O. The second-order valence-electron chi connectivity index (χ2n) is 6.59. The van der Waals surface area contributed by atoms with Gasteiger partial charge in [-0.05, 0) is 37.0 Å². The van der Waals surface area contributed by atoms with Crippen molar-refractivity contribution in [1.82, 2.24) is 19.6 Å². The van der Waals surface area contributed by atoms with Gasteiger partial charge in [0.1, 0.15) is 5.65 Å². The summed E-state index contributed by atoms with van der Waals surface area (Å²) >= 11 is 0.